The van der Waals surface area contributed by atoms with E-state index < -0.39 is 0 Å². The van der Waals surface area contributed by atoms with Crippen LogP contribution in [-0.2, 0) is 0 Å². The fourth-order valence-corrected chi connectivity index (χ4v) is 2.80. The van der Waals surface area contributed by atoms with Gasteiger partial charge in [-0.2, -0.15) is 0 Å². The van der Waals surface area contributed by atoms with Crippen LogP contribution in [0, 0.1) is 5.82 Å². The fraction of sp³-hybridized carbons (Fsp3) is 0.625. The Balaban J connectivity index is 2.12. The van der Waals surface area contributed by atoms with E-state index in [2.05, 4.69) is 37.1 Å². The van der Waals surface area contributed by atoms with Crippen LogP contribution in [0.5, 0.6) is 0 Å². The second-order valence-corrected chi connectivity index (χ2v) is 5.57. The van der Waals surface area contributed by atoms with Crippen LogP contribution in [0.2, 0.25) is 0 Å². The average molecular weight is 264 g/mol. The highest BCUT2D eigenvalue weighted by Crippen LogP contribution is 2.29. The molecule has 0 saturated carbocycles. The van der Waals surface area contributed by atoms with E-state index in [-0.39, 0.29) is 11.9 Å². The second kappa shape index (κ2) is 6.38. The largest absolute Gasteiger partial charge is 0.366 e. The number of benzene rings is 1. The first-order valence-electron chi connectivity index (χ1n) is 7.43. The van der Waals surface area contributed by atoms with Gasteiger partial charge in [0.15, 0.2) is 0 Å². The second-order valence-electron chi connectivity index (χ2n) is 5.57. The lowest BCUT2D eigenvalue weighted by Crippen LogP contribution is -2.27. The monoisotopic (exact) mass is 264 g/mol. The number of hydrogen-bond acceptors (Lipinski definition) is 2. The topological polar surface area (TPSA) is 15.3 Å². The summed E-state index contributed by atoms with van der Waals surface area (Å²) in [5, 5.41) is 3.39. The Morgan fingerprint density at radius 3 is 2.84 bits per heavy atom. The molecule has 0 spiro atoms. The number of halogens is 1. The molecule has 19 heavy (non-hydrogen) atoms. The lowest BCUT2D eigenvalue weighted by molar-refractivity contribution is 0.560. The molecule has 1 heterocycles. The number of nitrogens with zero attached hydrogens (tertiary/aromatic N) is 1. The Morgan fingerprint density at radius 1 is 1.47 bits per heavy atom. The van der Waals surface area contributed by atoms with Gasteiger partial charge in [-0.3, -0.25) is 0 Å². The van der Waals surface area contributed by atoms with E-state index >= 15 is 0 Å². The maximum absolute atomic E-state index is 14.3. The van der Waals surface area contributed by atoms with Crippen molar-refractivity contribution in [3.05, 3.63) is 29.6 Å². The highest BCUT2D eigenvalue weighted by Gasteiger charge is 2.23. The van der Waals surface area contributed by atoms with Gasteiger partial charge in [0.1, 0.15) is 5.82 Å². The van der Waals surface area contributed by atoms with Crippen molar-refractivity contribution in [1.29, 1.82) is 0 Å². The Labute approximate surface area is 116 Å². The first-order valence-corrected chi connectivity index (χ1v) is 7.43. The molecule has 3 heteroatoms. The van der Waals surface area contributed by atoms with Gasteiger partial charge in [0.2, 0.25) is 0 Å². The molecule has 2 rings (SSSR count). The van der Waals surface area contributed by atoms with Crippen LogP contribution >= 0.6 is 0 Å². The third kappa shape index (κ3) is 3.27. The van der Waals surface area contributed by atoms with Gasteiger partial charge in [-0.15, -0.1) is 0 Å². The van der Waals surface area contributed by atoms with Crippen LogP contribution in [0.3, 0.4) is 0 Å². The van der Waals surface area contributed by atoms with Gasteiger partial charge in [-0.05, 0) is 57.4 Å². The van der Waals surface area contributed by atoms with E-state index in [0.717, 1.165) is 43.6 Å². The third-order valence-corrected chi connectivity index (χ3v) is 4.03. The van der Waals surface area contributed by atoms with Crippen LogP contribution in [0.25, 0.3) is 0 Å². The molecule has 0 amide bonds. The van der Waals surface area contributed by atoms with Crippen molar-refractivity contribution in [2.45, 2.75) is 52.1 Å². The Morgan fingerprint density at radius 2 is 2.26 bits per heavy atom. The molecule has 1 fully saturated rings. The fourth-order valence-electron chi connectivity index (χ4n) is 2.80. The predicted molar refractivity (Wildman–Crippen MR) is 79.2 cm³/mol. The van der Waals surface area contributed by atoms with Gasteiger partial charge in [-0.25, -0.2) is 4.39 Å². The molecule has 1 saturated heterocycles. The lowest BCUT2D eigenvalue weighted by atomic mass is 10.1. The molecule has 0 bridgehead atoms. The molecule has 0 radical (unpaired) electrons. The molecule has 2 nitrogen and oxygen atoms in total. The lowest BCUT2D eigenvalue weighted by Gasteiger charge is -2.25. The predicted octanol–water partition coefficient (Wildman–Crippen LogP) is 3.88. The quantitative estimate of drug-likeness (QED) is 0.868. The normalized spacial score (nSPS) is 20.8. The molecule has 1 aliphatic rings. The highest BCUT2D eigenvalue weighted by atomic mass is 19.1. The van der Waals surface area contributed by atoms with E-state index in [9.17, 15) is 4.39 Å². The zero-order valence-corrected chi connectivity index (χ0v) is 12.2. The molecule has 1 aromatic rings. The summed E-state index contributed by atoms with van der Waals surface area (Å²) >= 11 is 0. The smallest absolute Gasteiger partial charge is 0.146 e. The van der Waals surface area contributed by atoms with Crippen LogP contribution in [-0.4, -0.2) is 19.1 Å². The van der Waals surface area contributed by atoms with Crippen molar-refractivity contribution in [3.63, 3.8) is 0 Å². The first kappa shape index (κ1) is 14.3. The summed E-state index contributed by atoms with van der Waals surface area (Å²) in [7, 11) is 0. The van der Waals surface area contributed by atoms with Crippen molar-refractivity contribution >= 4 is 5.69 Å². The van der Waals surface area contributed by atoms with E-state index in [1.807, 2.05) is 6.07 Å². The van der Waals surface area contributed by atoms with Crippen molar-refractivity contribution in [2.24, 2.45) is 0 Å². The Bertz CT molecular complexity index is 419. The SMILES string of the molecule is CCCNC(C)c1ccc(N2CCCC2C)c(F)c1. The summed E-state index contributed by atoms with van der Waals surface area (Å²) in [6, 6.07) is 6.34. The number of anilines is 1. The molecule has 106 valence electrons. The maximum atomic E-state index is 14.3. The molecule has 2 unspecified atom stereocenters. The van der Waals surface area contributed by atoms with Crippen molar-refractivity contribution in [1.82, 2.24) is 5.32 Å². The molecular formula is C16H25FN2. The standard InChI is InChI=1S/C16H25FN2/c1-4-9-18-13(3)14-7-8-16(15(17)11-14)19-10-5-6-12(19)2/h7-8,11-13,18H,4-6,9-10H2,1-3H3. The summed E-state index contributed by atoms with van der Waals surface area (Å²) in [6.07, 6.45) is 3.42. The Kier molecular flexibility index (Phi) is 4.81. The average Bonchev–Trinajstić information content (AvgIpc) is 2.82. The van der Waals surface area contributed by atoms with Crippen molar-refractivity contribution in [2.75, 3.05) is 18.0 Å². The number of nitrogens with one attached hydrogen (secondary N) is 1. The minimum atomic E-state index is -0.0867. The van der Waals surface area contributed by atoms with Gasteiger partial charge in [0, 0.05) is 18.6 Å². The zero-order valence-electron chi connectivity index (χ0n) is 12.2. The van der Waals surface area contributed by atoms with Gasteiger partial charge in [0.05, 0.1) is 5.69 Å². The van der Waals surface area contributed by atoms with Crippen LogP contribution in [0.4, 0.5) is 10.1 Å². The van der Waals surface area contributed by atoms with Gasteiger partial charge >= 0.3 is 0 Å². The van der Waals surface area contributed by atoms with E-state index in [1.165, 1.54) is 0 Å². The molecular weight excluding hydrogens is 239 g/mol. The van der Waals surface area contributed by atoms with Gasteiger partial charge in [-0.1, -0.05) is 13.0 Å². The molecule has 0 aromatic heterocycles. The molecule has 0 aliphatic carbocycles. The minimum absolute atomic E-state index is 0.0867. The Hall–Kier alpha value is -1.09. The van der Waals surface area contributed by atoms with Crippen LogP contribution in [0.1, 0.15) is 51.6 Å². The summed E-state index contributed by atoms with van der Waals surface area (Å²) in [5.41, 5.74) is 1.79. The van der Waals surface area contributed by atoms with E-state index in [4.69, 9.17) is 0 Å². The highest BCUT2D eigenvalue weighted by molar-refractivity contribution is 5.51. The van der Waals surface area contributed by atoms with E-state index in [0.29, 0.717) is 6.04 Å². The molecule has 1 N–H and O–H groups in total. The maximum Gasteiger partial charge on any atom is 0.146 e. The van der Waals surface area contributed by atoms with Crippen LogP contribution in [0.15, 0.2) is 18.2 Å². The summed E-state index contributed by atoms with van der Waals surface area (Å²) in [4.78, 5) is 2.18. The molecule has 2 atom stereocenters. The number of hydrogen-bond donors (Lipinski definition) is 1. The summed E-state index contributed by atoms with van der Waals surface area (Å²) in [6.45, 7) is 8.33. The minimum Gasteiger partial charge on any atom is -0.366 e. The van der Waals surface area contributed by atoms with Gasteiger partial charge in [0.25, 0.3) is 0 Å². The zero-order chi connectivity index (χ0) is 13.8. The van der Waals surface area contributed by atoms with Crippen molar-refractivity contribution < 1.29 is 4.39 Å². The summed E-state index contributed by atoms with van der Waals surface area (Å²) in [5.74, 6) is -0.0867. The van der Waals surface area contributed by atoms with Crippen LogP contribution < -0.4 is 10.2 Å². The summed E-state index contributed by atoms with van der Waals surface area (Å²) < 4.78 is 14.3. The third-order valence-electron chi connectivity index (χ3n) is 4.03. The molecule has 1 aromatic carbocycles. The first-order chi connectivity index (χ1) is 9.13. The van der Waals surface area contributed by atoms with Gasteiger partial charge < -0.3 is 10.2 Å². The van der Waals surface area contributed by atoms with E-state index in [1.54, 1.807) is 6.07 Å². The molecule has 1 aliphatic heterocycles. The number of rotatable bonds is 5. The van der Waals surface area contributed by atoms with Crippen molar-refractivity contribution in [3.8, 4) is 0 Å².